The van der Waals surface area contributed by atoms with Crippen molar-refractivity contribution in [1.82, 2.24) is 15.5 Å². The fourth-order valence-electron chi connectivity index (χ4n) is 1.97. The highest BCUT2D eigenvalue weighted by Crippen LogP contribution is 2.43. The number of methoxy groups -OCH3 is 3. The largest absolute Gasteiger partial charge is 0.493 e. The van der Waals surface area contributed by atoms with Crippen LogP contribution in [0.2, 0.25) is 0 Å². The second kappa shape index (κ2) is 6.94. The summed E-state index contributed by atoms with van der Waals surface area (Å²) in [5.41, 5.74) is 0.665. The maximum Gasteiger partial charge on any atom is 0.261 e. The van der Waals surface area contributed by atoms with E-state index in [4.69, 9.17) is 18.7 Å². The molecule has 0 spiro atoms. The molecule has 7 heteroatoms. The zero-order valence-electron chi connectivity index (χ0n) is 12.6. The van der Waals surface area contributed by atoms with E-state index in [1.807, 2.05) is 7.05 Å². The van der Waals surface area contributed by atoms with Crippen LogP contribution in [-0.2, 0) is 6.42 Å². The first-order valence-electron chi connectivity index (χ1n) is 6.51. The number of benzene rings is 1. The first-order valence-corrected chi connectivity index (χ1v) is 6.51. The van der Waals surface area contributed by atoms with Crippen molar-refractivity contribution in [2.24, 2.45) is 0 Å². The van der Waals surface area contributed by atoms with Crippen molar-refractivity contribution in [2.75, 3.05) is 34.9 Å². The van der Waals surface area contributed by atoms with Crippen LogP contribution in [0.4, 0.5) is 0 Å². The molecule has 0 radical (unpaired) electrons. The van der Waals surface area contributed by atoms with E-state index >= 15 is 0 Å². The maximum atomic E-state index is 5.41. The molecule has 0 saturated carbocycles. The predicted molar refractivity (Wildman–Crippen MR) is 77.0 cm³/mol. The third-order valence-corrected chi connectivity index (χ3v) is 3.00. The van der Waals surface area contributed by atoms with Crippen LogP contribution in [0.1, 0.15) is 5.82 Å². The van der Waals surface area contributed by atoms with Crippen LogP contribution in [0.15, 0.2) is 16.7 Å². The van der Waals surface area contributed by atoms with Gasteiger partial charge < -0.3 is 24.1 Å². The van der Waals surface area contributed by atoms with Crippen LogP contribution >= 0.6 is 0 Å². The molecular formula is C14H19N3O4. The number of likely N-dealkylation sites (N-methyl/N-ethyl adjacent to an activating group) is 1. The average molecular weight is 293 g/mol. The Labute approximate surface area is 123 Å². The van der Waals surface area contributed by atoms with Gasteiger partial charge in [0.05, 0.1) is 26.9 Å². The van der Waals surface area contributed by atoms with Gasteiger partial charge in [-0.2, -0.15) is 4.98 Å². The summed E-state index contributed by atoms with van der Waals surface area (Å²) in [6, 6.07) is 3.57. The minimum atomic E-state index is 0.388. The summed E-state index contributed by atoms with van der Waals surface area (Å²) in [4.78, 5) is 4.36. The Bertz CT molecular complexity index is 598. The summed E-state index contributed by atoms with van der Waals surface area (Å²) in [5, 5.41) is 6.99. The minimum absolute atomic E-state index is 0.388. The topological polar surface area (TPSA) is 78.6 Å². The van der Waals surface area contributed by atoms with Gasteiger partial charge in [0.25, 0.3) is 5.89 Å². The van der Waals surface area contributed by atoms with E-state index in [2.05, 4.69) is 15.5 Å². The van der Waals surface area contributed by atoms with Crippen molar-refractivity contribution in [3.63, 3.8) is 0 Å². The molecule has 0 saturated heterocycles. The van der Waals surface area contributed by atoms with E-state index in [1.165, 1.54) is 0 Å². The molecule has 1 aromatic carbocycles. The number of nitrogens with zero attached hydrogens (tertiary/aromatic N) is 2. The zero-order valence-corrected chi connectivity index (χ0v) is 12.6. The molecule has 1 aromatic heterocycles. The Hall–Kier alpha value is -2.28. The molecule has 0 aliphatic carbocycles. The molecule has 1 N–H and O–H groups in total. The Balaban J connectivity index is 2.41. The van der Waals surface area contributed by atoms with E-state index in [0.29, 0.717) is 40.9 Å². The monoisotopic (exact) mass is 293 g/mol. The highest BCUT2D eigenvalue weighted by molar-refractivity contribution is 5.71. The summed E-state index contributed by atoms with van der Waals surface area (Å²) >= 11 is 0. The summed E-state index contributed by atoms with van der Waals surface area (Å²) in [6.45, 7) is 0.780. The van der Waals surface area contributed by atoms with Crippen LogP contribution in [0.5, 0.6) is 17.2 Å². The van der Waals surface area contributed by atoms with Crippen molar-refractivity contribution in [2.45, 2.75) is 6.42 Å². The van der Waals surface area contributed by atoms with Crippen LogP contribution in [0.3, 0.4) is 0 Å². The number of aromatic nitrogens is 2. The Morgan fingerprint density at radius 1 is 1.10 bits per heavy atom. The third-order valence-electron chi connectivity index (χ3n) is 3.00. The van der Waals surface area contributed by atoms with Crippen LogP contribution in [0.25, 0.3) is 11.5 Å². The normalized spacial score (nSPS) is 10.5. The van der Waals surface area contributed by atoms with Gasteiger partial charge in [-0.05, 0) is 19.2 Å². The molecule has 0 amide bonds. The highest BCUT2D eigenvalue weighted by Gasteiger charge is 2.20. The average Bonchev–Trinajstić information content (AvgIpc) is 2.99. The highest BCUT2D eigenvalue weighted by atomic mass is 16.5. The van der Waals surface area contributed by atoms with Crippen LogP contribution < -0.4 is 19.5 Å². The van der Waals surface area contributed by atoms with Gasteiger partial charge in [0.1, 0.15) is 0 Å². The first-order chi connectivity index (χ1) is 10.2. The number of hydrogen-bond acceptors (Lipinski definition) is 7. The van der Waals surface area contributed by atoms with Crippen LogP contribution in [0, 0.1) is 0 Å². The second-order valence-corrected chi connectivity index (χ2v) is 4.25. The van der Waals surface area contributed by atoms with Gasteiger partial charge in [0, 0.05) is 13.0 Å². The van der Waals surface area contributed by atoms with Gasteiger partial charge in [-0.25, -0.2) is 0 Å². The lowest BCUT2D eigenvalue weighted by Gasteiger charge is -2.13. The third kappa shape index (κ3) is 3.08. The van der Waals surface area contributed by atoms with E-state index < -0.39 is 0 Å². The van der Waals surface area contributed by atoms with Gasteiger partial charge in [-0.3, -0.25) is 0 Å². The van der Waals surface area contributed by atoms with Crippen LogP contribution in [-0.4, -0.2) is 45.1 Å². The Morgan fingerprint density at radius 2 is 1.86 bits per heavy atom. The summed E-state index contributed by atoms with van der Waals surface area (Å²) in [7, 11) is 6.55. The fourth-order valence-corrected chi connectivity index (χ4v) is 1.97. The van der Waals surface area contributed by atoms with Crippen molar-refractivity contribution in [3.8, 4) is 28.7 Å². The lowest BCUT2D eigenvalue weighted by molar-refractivity contribution is 0.324. The predicted octanol–water partition coefficient (Wildman–Crippen LogP) is 1.52. The minimum Gasteiger partial charge on any atom is -0.493 e. The Kier molecular flexibility index (Phi) is 4.99. The number of nitrogens with one attached hydrogen (secondary N) is 1. The van der Waals surface area contributed by atoms with Gasteiger partial charge in [-0.15, -0.1) is 0 Å². The van der Waals surface area contributed by atoms with Gasteiger partial charge >= 0.3 is 0 Å². The second-order valence-electron chi connectivity index (χ2n) is 4.25. The molecular weight excluding hydrogens is 274 g/mol. The zero-order chi connectivity index (χ0) is 15.2. The molecule has 0 aliphatic heterocycles. The van der Waals surface area contributed by atoms with E-state index in [0.717, 1.165) is 6.54 Å². The van der Waals surface area contributed by atoms with Gasteiger partial charge in [-0.1, -0.05) is 5.16 Å². The van der Waals surface area contributed by atoms with Crippen molar-refractivity contribution >= 4 is 0 Å². The Morgan fingerprint density at radius 3 is 2.48 bits per heavy atom. The molecule has 0 atom stereocenters. The lowest BCUT2D eigenvalue weighted by atomic mass is 10.1. The van der Waals surface area contributed by atoms with Crippen molar-refractivity contribution in [1.29, 1.82) is 0 Å². The standard InChI is InChI=1S/C14H19N3O4/c1-15-8-7-11-16-14(21-17-11)9-5-6-10(18-2)13(20-4)12(9)19-3/h5-6,15H,7-8H2,1-4H3. The molecule has 0 bridgehead atoms. The maximum absolute atomic E-state index is 5.41. The number of rotatable bonds is 7. The summed E-state index contributed by atoms with van der Waals surface area (Å²) < 4.78 is 21.3. The van der Waals surface area contributed by atoms with Gasteiger partial charge in [0.2, 0.25) is 5.75 Å². The first kappa shape index (κ1) is 15.1. The molecule has 2 rings (SSSR count). The SMILES string of the molecule is CNCCc1noc(-c2ccc(OC)c(OC)c2OC)n1. The molecule has 1 heterocycles. The van der Waals surface area contributed by atoms with E-state index in [9.17, 15) is 0 Å². The molecule has 0 aliphatic rings. The number of hydrogen-bond donors (Lipinski definition) is 1. The van der Waals surface area contributed by atoms with Gasteiger partial charge in [0.15, 0.2) is 17.3 Å². The fraction of sp³-hybridized carbons (Fsp3) is 0.429. The van der Waals surface area contributed by atoms with E-state index in [1.54, 1.807) is 33.5 Å². The molecule has 21 heavy (non-hydrogen) atoms. The van der Waals surface area contributed by atoms with Crippen molar-refractivity contribution < 1.29 is 18.7 Å². The molecule has 0 fully saturated rings. The summed E-state index contributed by atoms with van der Waals surface area (Å²) in [5.74, 6) is 2.59. The molecule has 7 nitrogen and oxygen atoms in total. The smallest absolute Gasteiger partial charge is 0.261 e. The lowest BCUT2D eigenvalue weighted by Crippen LogP contribution is -2.11. The van der Waals surface area contributed by atoms with E-state index in [-0.39, 0.29) is 0 Å². The molecule has 114 valence electrons. The molecule has 2 aromatic rings. The quantitative estimate of drug-likeness (QED) is 0.829. The summed E-state index contributed by atoms with van der Waals surface area (Å²) in [6.07, 6.45) is 0.690. The van der Waals surface area contributed by atoms with Crippen molar-refractivity contribution in [3.05, 3.63) is 18.0 Å². The molecule has 0 unspecified atom stereocenters. The number of ether oxygens (including phenoxy) is 3.